The second-order valence-electron chi connectivity index (χ2n) is 9.47. The summed E-state index contributed by atoms with van der Waals surface area (Å²) < 4.78 is 13.1. The number of rotatable bonds is 7. The Balaban J connectivity index is 1.55. The van der Waals surface area contributed by atoms with Crippen LogP contribution in [0.25, 0.3) is 10.9 Å². The predicted molar refractivity (Wildman–Crippen MR) is 141 cm³/mol. The third-order valence-electron chi connectivity index (χ3n) is 6.98. The van der Waals surface area contributed by atoms with Crippen molar-refractivity contribution in [3.8, 4) is 5.88 Å². The maximum absolute atomic E-state index is 13.3. The summed E-state index contributed by atoms with van der Waals surface area (Å²) in [5.74, 6) is -0.222. The van der Waals surface area contributed by atoms with E-state index in [0.29, 0.717) is 27.9 Å². The maximum Gasteiger partial charge on any atom is 0.343 e. The molecular weight excluding hydrogens is 503 g/mol. The molecule has 1 aromatic carbocycles. The van der Waals surface area contributed by atoms with E-state index in [-0.39, 0.29) is 29.2 Å². The normalized spacial score (nSPS) is 18.8. The number of ether oxygens (including phenoxy) is 2. The number of halogens is 2. The van der Waals surface area contributed by atoms with Crippen LogP contribution in [0.15, 0.2) is 41.5 Å². The van der Waals surface area contributed by atoms with E-state index in [0.717, 1.165) is 43.7 Å². The number of aromatic nitrogens is 2. The van der Waals surface area contributed by atoms with Crippen LogP contribution in [-0.2, 0) is 10.3 Å². The van der Waals surface area contributed by atoms with Gasteiger partial charge in [-0.3, -0.25) is 4.79 Å². The van der Waals surface area contributed by atoms with Gasteiger partial charge >= 0.3 is 5.97 Å². The fourth-order valence-electron chi connectivity index (χ4n) is 4.99. The second kappa shape index (κ2) is 9.92. The Kier molecular flexibility index (Phi) is 6.85. The van der Waals surface area contributed by atoms with Crippen LogP contribution >= 0.6 is 23.2 Å². The van der Waals surface area contributed by atoms with Crippen LogP contribution in [0, 0.1) is 0 Å². The van der Waals surface area contributed by atoms with Gasteiger partial charge in [-0.05, 0) is 51.0 Å². The maximum atomic E-state index is 13.3. The molecule has 8 nitrogen and oxygen atoms in total. The Hall–Kier alpha value is -2.81. The minimum Gasteiger partial charge on any atom is -0.474 e. The number of esters is 1. The van der Waals surface area contributed by atoms with E-state index >= 15 is 0 Å². The number of benzene rings is 1. The SMILES string of the molecule is CCOC(=O)c1cn(C2(C)CNC2)c2cc(N3CCC[C@@H]3COc3ncccc3Cl)c(Cl)cc2c1=O. The van der Waals surface area contributed by atoms with Crippen molar-refractivity contribution in [3.05, 3.63) is 62.5 Å². The predicted octanol–water partition coefficient (Wildman–Crippen LogP) is 4.25. The number of nitrogens with one attached hydrogen (secondary N) is 1. The first kappa shape index (κ1) is 24.9. The van der Waals surface area contributed by atoms with E-state index in [4.69, 9.17) is 32.7 Å². The summed E-state index contributed by atoms with van der Waals surface area (Å²) in [5.41, 5.74) is 0.906. The first-order valence-electron chi connectivity index (χ1n) is 12.1. The average Bonchev–Trinajstić information content (AvgIpc) is 3.31. The Morgan fingerprint density at radius 1 is 1.28 bits per heavy atom. The van der Waals surface area contributed by atoms with Crippen molar-refractivity contribution in [3.63, 3.8) is 0 Å². The lowest BCUT2D eigenvalue weighted by Gasteiger charge is -2.42. The molecule has 2 aliphatic rings. The molecule has 0 amide bonds. The number of hydrogen-bond donors (Lipinski definition) is 1. The van der Waals surface area contributed by atoms with Crippen molar-refractivity contribution in [2.24, 2.45) is 0 Å². The van der Waals surface area contributed by atoms with E-state index in [2.05, 4.69) is 22.1 Å². The molecule has 0 unspecified atom stereocenters. The van der Waals surface area contributed by atoms with Gasteiger partial charge in [0, 0.05) is 37.4 Å². The third kappa shape index (κ3) is 4.42. The first-order valence-corrected chi connectivity index (χ1v) is 12.8. The van der Waals surface area contributed by atoms with Crippen LogP contribution in [0.5, 0.6) is 5.88 Å². The number of pyridine rings is 2. The first-order chi connectivity index (χ1) is 17.3. The van der Waals surface area contributed by atoms with Gasteiger partial charge < -0.3 is 24.3 Å². The standard InChI is InChI=1S/C26H28Cl2N4O4/c1-3-35-25(34)18-12-32(26(2)14-29-15-26)21-11-22(20(28)10-17(21)23(18)33)31-9-5-6-16(31)13-36-24-19(27)7-4-8-30-24/h4,7-8,10-12,16,29H,3,5-6,9,13-15H2,1-2H3/t16-/m1/s1. The van der Waals surface area contributed by atoms with Gasteiger partial charge in [0.1, 0.15) is 17.2 Å². The van der Waals surface area contributed by atoms with Gasteiger partial charge in [-0.1, -0.05) is 23.2 Å². The van der Waals surface area contributed by atoms with Gasteiger partial charge in [-0.2, -0.15) is 0 Å². The minimum absolute atomic E-state index is 0.0148. The molecule has 0 aliphatic carbocycles. The van der Waals surface area contributed by atoms with E-state index in [1.165, 1.54) is 0 Å². The molecule has 190 valence electrons. The summed E-state index contributed by atoms with van der Waals surface area (Å²) in [6, 6.07) is 7.21. The van der Waals surface area contributed by atoms with Gasteiger partial charge in [0.05, 0.1) is 34.4 Å². The summed E-state index contributed by atoms with van der Waals surface area (Å²) in [6.07, 6.45) is 5.19. The Bertz CT molecular complexity index is 1370. The third-order valence-corrected chi connectivity index (χ3v) is 7.57. The summed E-state index contributed by atoms with van der Waals surface area (Å²) in [4.78, 5) is 32.4. The highest BCUT2D eigenvalue weighted by atomic mass is 35.5. The molecule has 1 atom stereocenters. The molecule has 2 aliphatic heterocycles. The Morgan fingerprint density at radius 3 is 2.78 bits per heavy atom. The van der Waals surface area contributed by atoms with Crippen molar-refractivity contribution < 1.29 is 14.3 Å². The van der Waals surface area contributed by atoms with Crippen LogP contribution in [0.4, 0.5) is 5.69 Å². The second-order valence-corrected chi connectivity index (χ2v) is 10.3. The van der Waals surface area contributed by atoms with Crippen LogP contribution in [-0.4, -0.2) is 54.4 Å². The molecule has 0 bridgehead atoms. The molecule has 10 heteroatoms. The van der Waals surface area contributed by atoms with Crippen LogP contribution < -0.4 is 20.4 Å². The molecule has 2 fully saturated rings. The summed E-state index contributed by atoms with van der Waals surface area (Å²) in [6.45, 7) is 6.65. The molecule has 36 heavy (non-hydrogen) atoms. The number of nitrogens with zero attached hydrogens (tertiary/aromatic N) is 3. The smallest absolute Gasteiger partial charge is 0.343 e. The number of carbonyl (C=O) groups excluding carboxylic acids is 1. The van der Waals surface area contributed by atoms with Gasteiger partial charge in [-0.15, -0.1) is 0 Å². The zero-order valence-corrected chi connectivity index (χ0v) is 21.7. The largest absolute Gasteiger partial charge is 0.474 e. The molecule has 3 aromatic rings. The lowest BCUT2D eigenvalue weighted by Crippen LogP contribution is -2.58. The molecule has 2 saturated heterocycles. The molecule has 4 heterocycles. The minimum atomic E-state index is -0.626. The fourth-order valence-corrected chi connectivity index (χ4v) is 5.44. The molecule has 0 radical (unpaired) electrons. The van der Waals surface area contributed by atoms with Crippen molar-refractivity contribution in [2.75, 3.05) is 37.7 Å². The summed E-state index contributed by atoms with van der Waals surface area (Å²) >= 11 is 13.0. The monoisotopic (exact) mass is 530 g/mol. The lowest BCUT2D eigenvalue weighted by molar-refractivity contribution is 0.0523. The highest BCUT2D eigenvalue weighted by Gasteiger charge is 2.36. The molecule has 0 spiro atoms. The lowest BCUT2D eigenvalue weighted by atomic mass is 9.93. The molecule has 2 aromatic heterocycles. The van der Waals surface area contributed by atoms with E-state index in [1.807, 2.05) is 10.6 Å². The van der Waals surface area contributed by atoms with Crippen molar-refractivity contribution in [1.29, 1.82) is 0 Å². The van der Waals surface area contributed by atoms with E-state index in [9.17, 15) is 9.59 Å². The van der Waals surface area contributed by atoms with Gasteiger partial charge in [0.2, 0.25) is 11.3 Å². The summed E-state index contributed by atoms with van der Waals surface area (Å²) in [5, 5.41) is 4.61. The average molecular weight is 531 g/mol. The molecule has 1 N–H and O–H groups in total. The zero-order valence-electron chi connectivity index (χ0n) is 20.2. The van der Waals surface area contributed by atoms with Crippen molar-refractivity contribution in [1.82, 2.24) is 14.9 Å². The molecule has 0 saturated carbocycles. The van der Waals surface area contributed by atoms with Gasteiger partial charge in [-0.25, -0.2) is 9.78 Å². The topological polar surface area (TPSA) is 85.7 Å². The number of fused-ring (bicyclic) bond motifs is 1. The fraction of sp³-hybridized carbons (Fsp3) is 0.423. The van der Waals surface area contributed by atoms with E-state index in [1.54, 1.807) is 37.5 Å². The quantitative estimate of drug-likeness (QED) is 0.457. The Labute approximate surface area is 219 Å². The number of anilines is 1. The Morgan fingerprint density at radius 2 is 2.08 bits per heavy atom. The number of hydrogen-bond acceptors (Lipinski definition) is 7. The van der Waals surface area contributed by atoms with Gasteiger partial charge in [0.25, 0.3) is 0 Å². The van der Waals surface area contributed by atoms with Crippen molar-refractivity contribution >= 4 is 45.8 Å². The van der Waals surface area contributed by atoms with Crippen LogP contribution in [0.1, 0.15) is 37.0 Å². The molecular formula is C26H28Cl2N4O4. The van der Waals surface area contributed by atoms with Crippen LogP contribution in [0.2, 0.25) is 10.0 Å². The van der Waals surface area contributed by atoms with Crippen molar-refractivity contribution in [2.45, 2.75) is 38.3 Å². The van der Waals surface area contributed by atoms with E-state index < -0.39 is 5.97 Å². The van der Waals surface area contributed by atoms with Crippen LogP contribution in [0.3, 0.4) is 0 Å². The summed E-state index contributed by atoms with van der Waals surface area (Å²) in [7, 11) is 0. The number of carbonyl (C=O) groups is 1. The molecule has 5 rings (SSSR count). The zero-order chi connectivity index (χ0) is 25.4. The highest BCUT2D eigenvalue weighted by molar-refractivity contribution is 6.34. The van der Waals surface area contributed by atoms with Gasteiger partial charge in [0.15, 0.2) is 0 Å². The highest BCUT2D eigenvalue weighted by Crippen LogP contribution is 2.37.